The molecule has 5 N–H and O–H groups in total. The molecule has 0 atom stereocenters. The van der Waals surface area contributed by atoms with Gasteiger partial charge < -0.3 is 11.1 Å². The molecule has 2 rings (SSSR count). The Morgan fingerprint density at radius 2 is 2.10 bits per heavy atom. The molecule has 0 unspecified atom stereocenters. The van der Waals surface area contributed by atoms with E-state index in [2.05, 4.69) is 5.32 Å². The van der Waals surface area contributed by atoms with E-state index in [-0.39, 0.29) is 24.6 Å². The number of carbonyl (C=O) groups is 1. The van der Waals surface area contributed by atoms with Crippen molar-refractivity contribution in [2.45, 2.75) is 13.3 Å². The van der Waals surface area contributed by atoms with Crippen LogP contribution in [0.1, 0.15) is 21.7 Å². The summed E-state index contributed by atoms with van der Waals surface area (Å²) in [7, 11) is -3.49. The van der Waals surface area contributed by atoms with Gasteiger partial charge in [0.1, 0.15) is 4.88 Å². The molecule has 1 aromatic heterocycles. The molecule has 0 radical (unpaired) electrons. The molecule has 0 aliphatic carbocycles. The third-order valence-corrected chi connectivity index (χ3v) is 5.02. The van der Waals surface area contributed by atoms with Crippen LogP contribution in [0.5, 0.6) is 0 Å². The van der Waals surface area contributed by atoms with Gasteiger partial charge in [-0.1, -0.05) is 11.6 Å². The Kier molecular flexibility index (Phi) is 4.50. The highest BCUT2D eigenvalue weighted by atomic mass is 32.2. The molecular formula is C13H17N3O3S2. The summed E-state index contributed by atoms with van der Waals surface area (Å²) < 4.78 is 22.5. The number of thiophene rings is 1. The number of anilines is 1. The zero-order valence-corrected chi connectivity index (χ0v) is 13.2. The van der Waals surface area contributed by atoms with Crippen LogP contribution < -0.4 is 16.2 Å². The fourth-order valence-corrected chi connectivity index (χ4v) is 3.52. The molecule has 0 bridgehead atoms. The van der Waals surface area contributed by atoms with E-state index in [1.54, 1.807) is 0 Å². The van der Waals surface area contributed by atoms with Gasteiger partial charge in [-0.3, -0.25) is 4.79 Å². The fraction of sp³-hybridized carbons (Fsp3) is 0.308. The summed E-state index contributed by atoms with van der Waals surface area (Å²) in [5.74, 6) is -0.449. The van der Waals surface area contributed by atoms with Crippen molar-refractivity contribution in [1.29, 1.82) is 0 Å². The number of nitrogen functional groups attached to an aromatic ring is 1. The molecule has 6 nitrogen and oxygen atoms in total. The summed E-state index contributed by atoms with van der Waals surface area (Å²) in [6, 6.07) is 5.84. The van der Waals surface area contributed by atoms with E-state index in [0.29, 0.717) is 10.6 Å². The van der Waals surface area contributed by atoms with Crippen molar-refractivity contribution < 1.29 is 13.2 Å². The second kappa shape index (κ2) is 6.00. The lowest BCUT2D eigenvalue weighted by molar-refractivity contribution is 0.0958. The number of rotatable bonds is 5. The zero-order chi connectivity index (χ0) is 15.6. The number of benzene rings is 1. The first-order chi connectivity index (χ1) is 9.78. The summed E-state index contributed by atoms with van der Waals surface area (Å²) in [5.41, 5.74) is 7.55. The number of hydrogen-bond acceptors (Lipinski definition) is 5. The predicted molar refractivity (Wildman–Crippen MR) is 85.9 cm³/mol. The normalized spacial score (nSPS) is 11.7. The van der Waals surface area contributed by atoms with E-state index < -0.39 is 10.0 Å². The van der Waals surface area contributed by atoms with Gasteiger partial charge in [-0.2, -0.15) is 0 Å². The van der Waals surface area contributed by atoms with Crippen molar-refractivity contribution in [2.75, 3.05) is 18.0 Å². The first-order valence-corrected chi connectivity index (χ1v) is 8.88. The average molecular weight is 327 g/mol. The van der Waals surface area contributed by atoms with E-state index >= 15 is 0 Å². The lowest BCUT2D eigenvalue weighted by atomic mass is 10.1. The molecule has 0 saturated heterocycles. The SMILES string of the molecule is Cc1ccc2sc(C(=O)NCCCS(N)(=O)=O)c(N)c2c1. The molecule has 8 heteroatoms. The second-order valence-electron chi connectivity index (χ2n) is 4.82. The minimum atomic E-state index is -3.49. The van der Waals surface area contributed by atoms with Crippen LogP contribution in [0, 0.1) is 6.92 Å². The number of amides is 1. The van der Waals surface area contributed by atoms with Crippen molar-refractivity contribution in [1.82, 2.24) is 5.32 Å². The Labute approximate surface area is 127 Å². The Morgan fingerprint density at radius 1 is 1.38 bits per heavy atom. The molecule has 21 heavy (non-hydrogen) atoms. The standard InChI is InChI=1S/C13H17N3O3S2/c1-8-3-4-10-9(7-8)11(14)12(20-10)13(17)16-5-2-6-21(15,18)19/h3-4,7H,2,5-6,14H2,1H3,(H,16,17)(H2,15,18,19). The van der Waals surface area contributed by atoms with Crippen LogP contribution >= 0.6 is 11.3 Å². The van der Waals surface area contributed by atoms with E-state index in [0.717, 1.165) is 15.6 Å². The third-order valence-electron chi connectivity index (χ3n) is 2.98. The smallest absolute Gasteiger partial charge is 0.263 e. The Hall–Kier alpha value is -1.64. The number of primary sulfonamides is 1. The maximum Gasteiger partial charge on any atom is 0.263 e. The van der Waals surface area contributed by atoms with Crippen LogP contribution in [0.25, 0.3) is 10.1 Å². The maximum atomic E-state index is 12.1. The van der Waals surface area contributed by atoms with Gasteiger partial charge in [0.2, 0.25) is 10.0 Å². The van der Waals surface area contributed by atoms with Crippen LogP contribution in [-0.4, -0.2) is 26.6 Å². The van der Waals surface area contributed by atoms with Gasteiger partial charge in [0.15, 0.2) is 0 Å². The van der Waals surface area contributed by atoms with E-state index in [4.69, 9.17) is 10.9 Å². The van der Waals surface area contributed by atoms with Crippen LogP contribution in [-0.2, 0) is 10.0 Å². The van der Waals surface area contributed by atoms with Gasteiger partial charge in [-0.25, -0.2) is 13.6 Å². The summed E-state index contributed by atoms with van der Waals surface area (Å²) >= 11 is 1.32. The molecule has 0 fully saturated rings. The van der Waals surface area contributed by atoms with Crippen LogP contribution in [0.3, 0.4) is 0 Å². The first-order valence-electron chi connectivity index (χ1n) is 6.35. The summed E-state index contributed by atoms with van der Waals surface area (Å²) in [5, 5.41) is 8.42. The van der Waals surface area contributed by atoms with Gasteiger partial charge in [0, 0.05) is 16.6 Å². The van der Waals surface area contributed by atoms with Crippen molar-refractivity contribution in [3.05, 3.63) is 28.6 Å². The highest BCUT2D eigenvalue weighted by Crippen LogP contribution is 2.34. The summed E-state index contributed by atoms with van der Waals surface area (Å²) in [6.45, 7) is 2.20. The van der Waals surface area contributed by atoms with E-state index in [1.165, 1.54) is 11.3 Å². The third kappa shape index (κ3) is 3.93. The average Bonchev–Trinajstić information content (AvgIpc) is 2.71. The molecule has 1 heterocycles. The van der Waals surface area contributed by atoms with Crippen LogP contribution in [0.2, 0.25) is 0 Å². The Morgan fingerprint density at radius 3 is 2.76 bits per heavy atom. The Bertz CT molecular complexity index is 781. The zero-order valence-electron chi connectivity index (χ0n) is 11.5. The largest absolute Gasteiger partial charge is 0.397 e. The molecule has 0 spiro atoms. The van der Waals surface area contributed by atoms with Crippen molar-refractivity contribution in [3.8, 4) is 0 Å². The number of aryl methyl sites for hydroxylation is 1. The number of fused-ring (bicyclic) bond motifs is 1. The molecule has 0 aliphatic heterocycles. The number of carbonyl (C=O) groups excluding carboxylic acids is 1. The van der Waals surface area contributed by atoms with E-state index in [9.17, 15) is 13.2 Å². The fourth-order valence-electron chi connectivity index (χ4n) is 1.95. The topological polar surface area (TPSA) is 115 Å². The van der Waals surface area contributed by atoms with Gasteiger partial charge >= 0.3 is 0 Å². The maximum absolute atomic E-state index is 12.1. The quantitative estimate of drug-likeness (QED) is 0.716. The minimum absolute atomic E-state index is 0.158. The number of nitrogens with two attached hydrogens (primary N) is 2. The van der Waals surface area contributed by atoms with Gasteiger partial charge in [-0.15, -0.1) is 11.3 Å². The Balaban J connectivity index is 2.08. The predicted octanol–water partition coefficient (Wildman–Crippen LogP) is 1.20. The number of nitrogens with one attached hydrogen (secondary N) is 1. The summed E-state index contributed by atoms with van der Waals surface area (Å²) in [4.78, 5) is 12.5. The molecule has 1 aromatic carbocycles. The van der Waals surface area contributed by atoms with Gasteiger partial charge in [0.25, 0.3) is 5.91 Å². The highest BCUT2D eigenvalue weighted by molar-refractivity contribution is 7.89. The number of sulfonamides is 1. The molecule has 2 aromatic rings. The van der Waals surface area contributed by atoms with Crippen molar-refractivity contribution in [2.24, 2.45) is 5.14 Å². The van der Waals surface area contributed by atoms with Crippen LogP contribution in [0.4, 0.5) is 5.69 Å². The minimum Gasteiger partial charge on any atom is -0.397 e. The molecule has 1 amide bonds. The molecular weight excluding hydrogens is 310 g/mol. The second-order valence-corrected chi connectivity index (χ2v) is 7.61. The van der Waals surface area contributed by atoms with Crippen LogP contribution in [0.15, 0.2) is 18.2 Å². The van der Waals surface area contributed by atoms with Gasteiger partial charge in [0.05, 0.1) is 11.4 Å². The summed E-state index contributed by atoms with van der Waals surface area (Å²) in [6.07, 6.45) is 0.272. The van der Waals surface area contributed by atoms with Crippen molar-refractivity contribution in [3.63, 3.8) is 0 Å². The molecule has 114 valence electrons. The lowest BCUT2D eigenvalue weighted by Crippen LogP contribution is -2.27. The number of hydrogen-bond donors (Lipinski definition) is 3. The monoisotopic (exact) mass is 327 g/mol. The highest BCUT2D eigenvalue weighted by Gasteiger charge is 2.16. The lowest BCUT2D eigenvalue weighted by Gasteiger charge is -2.03. The first kappa shape index (κ1) is 15.7. The molecule has 0 aliphatic rings. The van der Waals surface area contributed by atoms with E-state index in [1.807, 2.05) is 25.1 Å². The van der Waals surface area contributed by atoms with Gasteiger partial charge in [-0.05, 0) is 25.5 Å². The molecule has 0 saturated carbocycles. The van der Waals surface area contributed by atoms with Crippen molar-refractivity contribution >= 4 is 43.0 Å².